The zero-order valence-corrected chi connectivity index (χ0v) is 13.3. The molecule has 4 N–H and O–H groups in total. The average molecular weight is 396 g/mol. The Bertz CT molecular complexity index is 494. The van der Waals surface area contributed by atoms with Gasteiger partial charge in [0, 0.05) is 9.13 Å². The van der Waals surface area contributed by atoms with Crippen molar-refractivity contribution in [2.75, 3.05) is 0 Å². The number of amides is 1. The van der Waals surface area contributed by atoms with E-state index in [1.165, 1.54) is 0 Å². The number of halogens is 2. The first-order chi connectivity index (χ1) is 8.99. The molecule has 0 saturated heterocycles. The van der Waals surface area contributed by atoms with E-state index in [-0.39, 0.29) is 11.7 Å². The lowest BCUT2D eigenvalue weighted by atomic mass is 10.1. The fraction of sp³-hybridized carbons (Fsp3) is 0.333. The Labute approximate surface area is 130 Å². The quantitative estimate of drug-likeness (QED) is 0.235. The molecule has 0 saturated carbocycles. The second-order valence-corrected chi connectivity index (χ2v) is 5.54. The van der Waals surface area contributed by atoms with Gasteiger partial charge in [0.1, 0.15) is 0 Å². The zero-order valence-electron chi connectivity index (χ0n) is 10.4. The molecule has 0 aliphatic heterocycles. The third-order valence-electron chi connectivity index (χ3n) is 2.54. The maximum atomic E-state index is 12.0. The molecule has 1 aromatic rings. The minimum atomic E-state index is -0.486. The lowest BCUT2D eigenvalue weighted by Crippen LogP contribution is -2.44. The van der Waals surface area contributed by atoms with Crippen LogP contribution in [0.15, 0.2) is 23.4 Å². The summed E-state index contributed by atoms with van der Waals surface area (Å²) in [5, 5.41) is 14.9. The SMILES string of the molecule is CCCC(NC(=O)c1ccc(I)c(Cl)c1)/C(N)=N/O. The van der Waals surface area contributed by atoms with Gasteiger partial charge in [0.25, 0.3) is 5.91 Å². The van der Waals surface area contributed by atoms with Gasteiger partial charge in [0.05, 0.1) is 11.1 Å². The first-order valence-corrected chi connectivity index (χ1v) is 7.18. The monoisotopic (exact) mass is 395 g/mol. The van der Waals surface area contributed by atoms with Gasteiger partial charge in [-0.1, -0.05) is 30.1 Å². The summed E-state index contributed by atoms with van der Waals surface area (Å²) in [6.07, 6.45) is 1.40. The Balaban J connectivity index is 2.84. The summed E-state index contributed by atoms with van der Waals surface area (Å²) >= 11 is 8.05. The number of nitrogens with one attached hydrogen (secondary N) is 1. The molecule has 0 bridgehead atoms. The number of hydrogen-bond acceptors (Lipinski definition) is 3. The van der Waals surface area contributed by atoms with Gasteiger partial charge in [0.15, 0.2) is 5.84 Å². The van der Waals surface area contributed by atoms with E-state index < -0.39 is 6.04 Å². The van der Waals surface area contributed by atoms with Crippen LogP contribution in [0.5, 0.6) is 0 Å². The van der Waals surface area contributed by atoms with Crippen LogP contribution >= 0.6 is 34.2 Å². The average Bonchev–Trinajstić information content (AvgIpc) is 2.40. The highest BCUT2D eigenvalue weighted by atomic mass is 127. The Kier molecular flexibility index (Phi) is 6.36. The first-order valence-electron chi connectivity index (χ1n) is 5.73. The molecule has 0 aliphatic carbocycles. The van der Waals surface area contributed by atoms with Gasteiger partial charge in [-0.05, 0) is 47.2 Å². The van der Waals surface area contributed by atoms with E-state index in [9.17, 15) is 4.79 Å². The lowest BCUT2D eigenvalue weighted by Gasteiger charge is -2.16. The Hall–Kier alpha value is -1.02. The minimum absolute atomic E-state index is 0.00758. The number of hydrogen-bond donors (Lipinski definition) is 3. The highest BCUT2D eigenvalue weighted by Crippen LogP contribution is 2.19. The van der Waals surface area contributed by atoms with Crippen LogP contribution in [0.25, 0.3) is 0 Å². The molecule has 0 fully saturated rings. The summed E-state index contributed by atoms with van der Waals surface area (Å²) in [5.74, 6) is -0.310. The van der Waals surface area contributed by atoms with E-state index in [2.05, 4.69) is 33.1 Å². The molecule has 0 radical (unpaired) electrons. The van der Waals surface area contributed by atoms with E-state index in [1.807, 2.05) is 6.92 Å². The summed E-state index contributed by atoms with van der Waals surface area (Å²) in [7, 11) is 0. The van der Waals surface area contributed by atoms with Gasteiger partial charge in [0.2, 0.25) is 0 Å². The van der Waals surface area contributed by atoms with Crippen molar-refractivity contribution >= 4 is 45.9 Å². The molecule has 1 aromatic carbocycles. The van der Waals surface area contributed by atoms with Crippen molar-refractivity contribution in [3.05, 3.63) is 32.4 Å². The molecule has 1 atom stereocenters. The molecule has 1 rings (SSSR count). The van der Waals surface area contributed by atoms with E-state index in [1.54, 1.807) is 18.2 Å². The van der Waals surface area contributed by atoms with Crippen LogP contribution in [0.2, 0.25) is 5.02 Å². The minimum Gasteiger partial charge on any atom is -0.409 e. The van der Waals surface area contributed by atoms with Gasteiger partial charge in [-0.2, -0.15) is 0 Å². The van der Waals surface area contributed by atoms with Crippen LogP contribution in [-0.2, 0) is 0 Å². The van der Waals surface area contributed by atoms with Gasteiger partial charge >= 0.3 is 0 Å². The highest BCUT2D eigenvalue weighted by molar-refractivity contribution is 14.1. The van der Waals surface area contributed by atoms with Crippen LogP contribution in [-0.4, -0.2) is 23.0 Å². The third kappa shape index (κ3) is 4.54. The molecule has 104 valence electrons. The Morgan fingerprint density at radius 2 is 2.32 bits per heavy atom. The van der Waals surface area contributed by atoms with E-state index in [0.29, 0.717) is 17.0 Å². The van der Waals surface area contributed by atoms with Crippen LogP contribution in [0.4, 0.5) is 0 Å². The molecule has 19 heavy (non-hydrogen) atoms. The standard InChI is InChI=1S/C12H15ClIN3O2/c1-2-3-10(11(15)17-19)16-12(18)7-4-5-9(14)8(13)6-7/h4-6,10,19H,2-3H2,1H3,(H2,15,17)(H,16,18). The van der Waals surface area contributed by atoms with Crippen molar-refractivity contribution in [2.24, 2.45) is 10.9 Å². The molecule has 0 heterocycles. The Morgan fingerprint density at radius 1 is 1.63 bits per heavy atom. The van der Waals surface area contributed by atoms with E-state index >= 15 is 0 Å². The molecule has 0 aromatic heterocycles. The van der Waals surface area contributed by atoms with Crippen LogP contribution in [0.1, 0.15) is 30.1 Å². The van der Waals surface area contributed by atoms with Crippen molar-refractivity contribution in [1.29, 1.82) is 0 Å². The van der Waals surface area contributed by atoms with E-state index in [4.69, 9.17) is 22.5 Å². The number of nitrogens with two attached hydrogens (primary N) is 1. The Morgan fingerprint density at radius 3 is 2.84 bits per heavy atom. The van der Waals surface area contributed by atoms with Crippen LogP contribution in [0.3, 0.4) is 0 Å². The molecule has 1 unspecified atom stereocenters. The van der Waals surface area contributed by atoms with Crippen LogP contribution < -0.4 is 11.1 Å². The largest absolute Gasteiger partial charge is 0.409 e. The van der Waals surface area contributed by atoms with Crippen molar-refractivity contribution in [2.45, 2.75) is 25.8 Å². The summed E-state index contributed by atoms with van der Waals surface area (Å²) in [4.78, 5) is 12.0. The van der Waals surface area contributed by atoms with Crippen molar-refractivity contribution in [3.63, 3.8) is 0 Å². The fourth-order valence-corrected chi connectivity index (χ4v) is 2.05. The molecule has 1 amide bonds. The summed E-state index contributed by atoms with van der Waals surface area (Å²) in [6.45, 7) is 1.95. The predicted octanol–water partition coefficient (Wildman–Crippen LogP) is 2.59. The molecule has 7 heteroatoms. The first kappa shape index (κ1) is 16.0. The number of amidine groups is 1. The van der Waals surface area contributed by atoms with E-state index in [0.717, 1.165) is 9.99 Å². The summed E-state index contributed by atoms with van der Waals surface area (Å²) < 4.78 is 0.873. The van der Waals surface area contributed by atoms with Crippen molar-refractivity contribution in [1.82, 2.24) is 5.32 Å². The second-order valence-electron chi connectivity index (χ2n) is 3.97. The molecule has 0 spiro atoms. The molecular formula is C12H15ClIN3O2. The van der Waals surface area contributed by atoms with Crippen molar-refractivity contribution in [3.8, 4) is 0 Å². The number of benzene rings is 1. The summed E-state index contributed by atoms with van der Waals surface area (Å²) in [6, 6.07) is 4.54. The maximum Gasteiger partial charge on any atom is 0.251 e. The number of carbonyl (C=O) groups is 1. The van der Waals surface area contributed by atoms with Gasteiger partial charge < -0.3 is 16.3 Å². The number of rotatable bonds is 5. The van der Waals surface area contributed by atoms with Gasteiger partial charge in [-0.25, -0.2) is 0 Å². The van der Waals surface area contributed by atoms with Gasteiger partial charge in [-0.15, -0.1) is 0 Å². The van der Waals surface area contributed by atoms with Crippen LogP contribution in [0, 0.1) is 3.57 Å². The fourth-order valence-electron chi connectivity index (χ4n) is 1.53. The van der Waals surface area contributed by atoms with Gasteiger partial charge in [-0.3, -0.25) is 4.79 Å². The summed E-state index contributed by atoms with van der Waals surface area (Å²) in [5.41, 5.74) is 5.98. The molecule has 5 nitrogen and oxygen atoms in total. The number of carbonyl (C=O) groups excluding carboxylic acids is 1. The lowest BCUT2D eigenvalue weighted by molar-refractivity contribution is 0.0945. The number of nitrogens with zero attached hydrogens (tertiary/aromatic N) is 1. The predicted molar refractivity (Wildman–Crippen MR) is 83.7 cm³/mol. The smallest absolute Gasteiger partial charge is 0.251 e. The zero-order chi connectivity index (χ0) is 14.4. The maximum absolute atomic E-state index is 12.0. The number of oxime groups is 1. The second kappa shape index (κ2) is 7.54. The normalized spacial score (nSPS) is 13.1. The molecule has 0 aliphatic rings. The highest BCUT2D eigenvalue weighted by Gasteiger charge is 2.17. The topological polar surface area (TPSA) is 87.7 Å². The molecular weight excluding hydrogens is 381 g/mol. The third-order valence-corrected chi connectivity index (χ3v) is 4.11. The van der Waals surface area contributed by atoms with Crippen molar-refractivity contribution < 1.29 is 10.0 Å².